The maximum absolute atomic E-state index is 10.7. The summed E-state index contributed by atoms with van der Waals surface area (Å²) in [6, 6.07) is 15.6. The topological polar surface area (TPSA) is 85.2 Å². The number of benzene rings is 2. The number of aromatic amines is 1. The van der Waals surface area contributed by atoms with Crippen LogP contribution in [0.5, 0.6) is 5.75 Å². The van der Waals surface area contributed by atoms with Gasteiger partial charge in [0.15, 0.2) is 0 Å². The Balaban J connectivity index is 1.68. The van der Waals surface area contributed by atoms with E-state index in [1.54, 1.807) is 7.11 Å². The first-order valence-electron chi connectivity index (χ1n) is 9.36. The number of nitrogens with zero attached hydrogens (tertiary/aromatic N) is 2. The highest BCUT2D eigenvalue weighted by atomic mass is 16.5. The molecule has 2 aromatic carbocycles. The fraction of sp³-hybridized carbons (Fsp3) is 0.273. The summed E-state index contributed by atoms with van der Waals surface area (Å²) >= 11 is 0. The van der Waals surface area contributed by atoms with Crippen molar-refractivity contribution in [1.82, 2.24) is 14.9 Å². The van der Waals surface area contributed by atoms with Crippen molar-refractivity contribution in [2.24, 2.45) is 5.92 Å². The number of aliphatic hydroxyl groups excluding tert-OH is 1. The number of H-pyrrole nitrogens is 1. The molecule has 0 amide bonds. The Morgan fingerprint density at radius 3 is 2.50 bits per heavy atom. The van der Waals surface area contributed by atoms with Gasteiger partial charge in [0.1, 0.15) is 23.2 Å². The van der Waals surface area contributed by atoms with E-state index in [4.69, 9.17) is 10.1 Å². The molecule has 0 fully saturated rings. The van der Waals surface area contributed by atoms with Crippen LogP contribution in [0.4, 0.5) is 0 Å². The Labute approximate surface area is 164 Å². The first-order chi connectivity index (χ1) is 13.5. The van der Waals surface area contributed by atoms with E-state index in [0.29, 0.717) is 17.9 Å². The Hall–Kier alpha value is -3.28. The minimum atomic E-state index is -0.0394. The number of imidazole rings is 1. The third-order valence-electron chi connectivity index (χ3n) is 5.18. The van der Waals surface area contributed by atoms with Crippen molar-refractivity contribution in [3.63, 3.8) is 0 Å². The third-order valence-corrected chi connectivity index (χ3v) is 5.18. The minimum absolute atomic E-state index is 0.0394. The number of hydrogen-bond acceptors (Lipinski definition) is 4. The van der Waals surface area contributed by atoms with E-state index in [1.165, 1.54) is 0 Å². The molecule has 1 atom stereocenters. The van der Waals surface area contributed by atoms with Crippen LogP contribution in [0.15, 0.2) is 54.3 Å². The van der Waals surface area contributed by atoms with Gasteiger partial charge in [-0.3, -0.25) is 5.41 Å². The molecular weight excluding hydrogens is 352 g/mol. The molecule has 1 aliphatic heterocycles. The van der Waals surface area contributed by atoms with E-state index >= 15 is 0 Å². The average molecular weight is 376 g/mol. The Bertz CT molecular complexity index is 1020. The van der Waals surface area contributed by atoms with Gasteiger partial charge < -0.3 is 19.7 Å². The summed E-state index contributed by atoms with van der Waals surface area (Å²) in [7, 11) is 1.65. The molecule has 0 spiro atoms. The molecule has 4 rings (SSSR count). The number of hydrogen-bond donors (Lipinski definition) is 3. The zero-order valence-corrected chi connectivity index (χ0v) is 16.2. The van der Waals surface area contributed by atoms with Gasteiger partial charge >= 0.3 is 0 Å². The standard InChI is InChI=1S/C22H24N4O2/c1-13(2)20(14-8-10-15(28-3)11-9-14)26-12-18(27)19(21(26)23)22-24-16-6-4-5-7-17(16)25-22/h4-11,13,20,23,27H,12H2,1-3H3,(H,24,25). The van der Waals surface area contributed by atoms with Gasteiger partial charge in [-0.2, -0.15) is 0 Å². The van der Waals surface area contributed by atoms with Gasteiger partial charge in [-0.1, -0.05) is 38.1 Å². The van der Waals surface area contributed by atoms with E-state index < -0.39 is 0 Å². The minimum Gasteiger partial charge on any atom is -0.510 e. The van der Waals surface area contributed by atoms with E-state index in [1.807, 2.05) is 53.4 Å². The Kier molecular flexibility index (Phi) is 4.55. The SMILES string of the molecule is COc1ccc(C(C(C)C)N2CC(O)=C(c3nc4ccccc4[nH]3)C2=N)cc1. The van der Waals surface area contributed by atoms with Crippen LogP contribution in [0, 0.1) is 11.3 Å². The van der Waals surface area contributed by atoms with Crippen molar-refractivity contribution >= 4 is 22.4 Å². The molecule has 0 bridgehead atoms. The molecule has 1 aliphatic rings. The van der Waals surface area contributed by atoms with E-state index in [9.17, 15) is 5.11 Å². The molecule has 6 heteroatoms. The summed E-state index contributed by atoms with van der Waals surface area (Å²) < 4.78 is 5.26. The van der Waals surface area contributed by atoms with Crippen molar-refractivity contribution in [2.75, 3.05) is 13.7 Å². The van der Waals surface area contributed by atoms with Crippen molar-refractivity contribution in [2.45, 2.75) is 19.9 Å². The highest BCUT2D eigenvalue weighted by Crippen LogP contribution is 2.37. The highest BCUT2D eigenvalue weighted by molar-refractivity contribution is 6.23. The lowest BCUT2D eigenvalue weighted by Crippen LogP contribution is -2.34. The average Bonchev–Trinajstić information content (AvgIpc) is 3.22. The molecule has 0 aliphatic carbocycles. The number of rotatable bonds is 5. The third kappa shape index (κ3) is 3.01. The first-order valence-corrected chi connectivity index (χ1v) is 9.36. The quantitative estimate of drug-likeness (QED) is 0.611. The number of fused-ring (bicyclic) bond motifs is 1. The van der Waals surface area contributed by atoms with Crippen LogP contribution in [-0.2, 0) is 0 Å². The van der Waals surface area contributed by atoms with Gasteiger partial charge in [0.05, 0.1) is 36.3 Å². The van der Waals surface area contributed by atoms with Crippen molar-refractivity contribution in [1.29, 1.82) is 5.41 Å². The molecule has 1 aromatic heterocycles. The van der Waals surface area contributed by atoms with Gasteiger partial charge in [-0.05, 0) is 35.7 Å². The number of para-hydroxylation sites is 2. The van der Waals surface area contributed by atoms with Crippen LogP contribution in [0.3, 0.4) is 0 Å². The summed E-state index contributed by atoms with van der Waals surface area (Å²) in [5.74, 6) is 2.03. The largest absolute Gasteiger partial charge is 0.510 e. The summed E-state index contributed by atoms with van der Waals surface area (Å²) in [5, 5.41) is 19.5. The number of aromatic nitrogens is 2. The smallest absolute Gasteiger partial charge is 0.145 e. The maximum atomic E-state index is 10.7. The summed E-state index contributed by atoms with van der Waals surface area (Å²) in [4.78, 5) is 9.74. The van der Waals surface area contributed by atoms with Crippen LogP contribution in [-0.4, -0.2) is 39.5 Å². The predicted molar refractivity (Wildman–Crippen MR) is 111 cm³/mol. The number of nitrogens with one attached hydrogen (secondary N) is 2. The molecular formula is C22H24N4O2. The van der Waals surface area contributed by atoms with Gasteiger partial charge in [0, 0.05) is 0 Å². The zero-order valence-electron chi connectivity index (χ0n) is 16.2. The van der Waals surface area contributed by atoms with Gasteiger partial charge in [0.2, 0.25) is 0 Å². The van der Waals surface area contributed by atoms with Crippen molar-refractivity contribution < 1.29 is 9.84 Å². The number of amidine groups is 1. The van der Waals surface area contributed by atoms with E-state index in [-0.39, 0.29) is 23.6 Å². The monoisotopic (exact) mass is 376 g/mol. The summed E-state index contributed by atoms with van der Waals surface area (Å²) in [6.07, 6.45) is 0. The second-order valence-corrected chi connectivity index (χ2v) is 7.36. The van der Waals surface area contributed by atoms with Crippen LogP contribution in [0.25, 0.3) is 16.6 Å². The number of ether oxygens (including phenoxy) is 1. The molecule has 0 radical (unpaired) electrons. The van der Waals surface area contributed by atoms with Crippen LogP contribution in [0.2, 0.25) is 0 Å². The van der Waals surface area contributed by atoms with E-state index in [0.717, 1.165) is 22.3 Å². The highest BCUT2D eigenvalue weighted by Gasteiger charge is 2.36. The normalized spacial score (nSPS) is 15.7. The molecule has 1 unspecified atom stereocenters. The first kappa shape index (κ1) is 18.1. The molecule has 2 heterocycles. The molecule has 0 saturated heterocycles. The Morgan fingerprint density at radius 1 is 1.14 bits per heavy atom. The van der Waals surface area contributed by atoms with E-state index in [2.05, 4.69) is 23.8 Å². The zero-order chi connectivity index (χ0) is 19.8. The Morgan fingerprint density at radius 2 is 1.86 bits per heavy atom. The van der Waals surface area contributed by atoms with Crippen LogP contribution < -0.4 is 4.74 Å². The molecule has 3 aromatic rings. The molecule has 28 heavy (non-hydrogen) atoms. The summed E-state index contributed by atoms with van der Waals surface area (Å²) in [6.45, 7) is 4.54. The lowest BCUT2D eigenvalue weighted by molar-refractivity contribution is 0.247. The second-order valence-electron chi connectivity index (χ2n) is 7.36. The van der Waals surface area contributed by atoms with Crippen LogP contribution in [0.1, 0.15) is 31.3 Å². The van der Waals surface area contributed by atoms with Crippen molar-refractivity contribution in [3.05, 3.63) is 65.7 Å². The molecule has 3 N–H and O–H groups in total. The fourth-order valence-corrected chi connectivity index (χ4v) is 3.88. The van der Waals surface area contributed by atoms with Crippen molar-refractivity contribution in [3.8, 4) is 5.75 Å². The predicted octanol–water partition coefficient (Wildman–Crippen LogP) is 4.53. The number of methoxy groups -OCH3 is 1. The van der Waals surface area contributed by atoms with Crippen LogP contribution >= 0.6 is 0 Å². The molecule has 144 valence electrons. The maximum Gasteiger partial charge on any atom is 0.145 e. The fourth-order valence-electron chi connectivity index (χ4n) is 3.88. The van der Waals surface area contributed by atoms with Gasteiger partial charge in [-0.25, -0.2) is 4.98 Å². The second kappa shape index (κ2) is 7.03. The van der Waals surface area contributed by atoms with Gasteiger partial charge in [0.25, 0.3) is 0 Å². The van der Waals surface area contributed by atoms with Gasteiger partial charge in [-0.15, -0.1) is 0 Å². The lowest BCUT2D eigenvalue weighted by Gasteiger charge is -2.33. The summed E-state index contributed by atoms with van der Waals surface area (Å²) in [5.41, 5.74) is 3.26. The molecule has 6 nitrogen and oxygen atoms in total. The number of aliphatic hydroxyl groups is 1. The lowest BCUT2D eigenvalue weighted by atomic mass is 9.94. The molecule has 0 saturated carbocycles.